The van der Waals surface area contributed by atoms with Gasteiger partial charge in [-0.2, -0.15) is 0 Å². The standard InChI is InChI=1S/C7H11F2NO3/c1-13-5-2-10(6(12)3-11)4-7(5,8)9/h5,11H,2-4H2,1H3. The van der Waals surface area contributed by atoms with Gasteiger partial charge in [0.25, 0.3) is 5.92 Å². The molecule has 0 saturated carbocycles. The van der Waals surface area contributed by atoms with Gasteiger partial charge in [-0.25, -0.2) is 8.78 Å². The average molecular weight is 195 g/mol. The molecule has 76 valence electrons. The van der Waals surface area contributed by atoms with Crippen molar-refractivity contribution in [2.24, 2.45) is 0 Å². The van der Waals surface area contributed by atoms with Gasteiger partial charge in [-0.1, -0.05) is 0 Å². The summed E-state index contributed by atoms with van der Waals surface area (Å²) in [4.78, 5) is 11.7. The topological polar surface area (TPSA) is 49.8 Å². The molecule has 13 heavy (non-hydrogen) atoms. The van der Waals surface area contributed by atoms with Crippen LogP contribution in [0.15, 0.2) is 0 Å². The summed E-state index contributed by atoms with van der Waals surface area (Å²) in [6.45, 7) is -1.58. The number of ether oxygens (including phenoxy) is 1. The molecule has 1 aliphatic rings. The van der Waals surface area contributed by atoms with Gasteiger partial charge < -0.3 is 14.7 Å². The van der Waals surface area contributed by atoms with Crippen molar-refractivity contribution >= 4 is 5.91 Å². The minimum Gasteiger partial charge on any atom is -0.387 e. The Bertz CT molecular complexity index is 210. The highest BCUT2D eigenvalue weighted by atomic mass is 19.3. The third kappa shape index (κ3) is 1.94. The zero-order valence-electron chi connectivity index (χ0n) is 7.17. The number of aliphatic hydroxyl groups excluding tert-OH is 1. The number of aliphatic hydroxyl groups is 1. The first-order valence-corrected chi connectivity index (χ1v) is 3.80. The van der Waals surface area contributed by atoms with Crippen LogP contribution < -0.4 is 0 Å². The number of methoxy groups -OCH3 is 1. The van der Waals surface area contributed by atoms with Gasteiger partial charge in [0.2, 0.25) is 5.91 Å². The van der Waals surface area contributed by atoms with E-state index in [1.54, 1.807) is 0 Å². The molecule has 0 aromatic carbocycles. The first-order chi connectivity index (χ1) is 6.01. The zero-order valence-corrected chi connectivity index (χ0v) is 7.17. The molecule has 1 atom stereocenters. The predicted octanol–water partition coefficient (Wildman–Crippen LogP) is -0.529. The molecule has 1 fully saturated rings. The Balaban J connectivity index is 2.64. The Kier molecular flexibility index (Phi) is 2.82. The van der Waals surface area contributed by atoms with E-state index in [0.717, 1.165) is 4.90 Å². The number of rotatable bonds is 2. The van der Waals surface area contributed by atoms with E-state index in [4.69, 9.17) is 5.11 Å². The van der Waals surface area contributed by atoms with E-state index in [1.807, 2.05) is 0 Å². The summed E-state index contributed by atoms with van der Waals surface area (Å²) in [6.07, 6.45) is -1.26. The molecule has 0 spiro atoms. The summed E-state index contributed by atoms with van der Waals surface area (Å²) in [5.41, 5.74) is 0. The molecular weight excluding hydrogens is 184 g/mol. The zero-order chi connectivity index (χ0) is 10.1. The number of hydrogen-bond acceptors (Lipinski definition) is 3. The lowest BCUT2D eigenvalue weighted by Crippen LogP contribution is -2.33. The highest BCUT2D eigenvalue weighted by molar-refractivity contribution is 5.77. The fourth-order valence-electron chi connectivity index (χ4n) is 1.29. The molecule has 1 unspecified atom stereocenters. The fraction of sp³-hybridized carbons (Fsp3) is 0.857. The third-order valence-corrected chi connectivity index (χ3v) is 2.03. The molecule has 0 aliphatic carbocycles. The number of carbonyl (C=O) groups is 1. The molecule has 1 N–H and O–H groups in total. The highest BCUT2D eigenvalue weighted by Gasteiger charge is 2.49. The van der Waals surface area contributed by atoms with Crippen LogP contribution in [0.5, 0.6) is 0 Å². The van der Waals surface area contributed by atoms with Crippen molar-refractivity contribution in [3.8, 4) is 0 Å². The van der Waals surface area contributed by atoms with Gasteiger partial charge in [0, 0.05) is 7.11 Å². The molecule has 1 heterocycles. The highest BCUT2D eigenvalue weighted by Crippen LogP contribution is 2.29. The summed E-state index contributed by atoms with van der Waals surface area (Å²) >= 11 is 0. The second-order valence-corrected chi connectivity index (χ2v) is 2.92. The smallest absolute Gasteiger partial charge is 0.292 e. The van der Waals surface area contributed by atoms with Crippen LogP contribution in [-0.2, 0) is 9.53 Å². The Morgan fingerprint density at radius 3 is 2.77 bits per heavy atom. The molecule has 1 saturated heterocycles. The Morgan fingerprint density at radius 2 is 2.38 bits per heavy atom. The van der Waals surface area contributed by atoms with E-state index < -0.39 is 31.1 Å². The van der Waals surface area contributed by atoms with Crippen molar-refractivity contribution in [3.05, 3.63) is 0 Å². The van der Waals surface area contributed by atoms with Crippen LogP contribution in [0.3, 0.4) is 0 Å². The average Bonchev–Trinajstić information content (AvgIpc) is 2.39. The van der Waals surface area contributed by atoms with Gasteiger partial charge in [0.1, 0.15) is 12.7 Å². The van der Waals surface area contributed by atoms with E-state index in [-0.39, 0.29) is 6.54 Å². The van der Waals surface area contributed by atoms with E-state index in [9.17, 15) is 13.6 Å². The Morgan fingerprint density at radius 1 is 1.77 bits per heavy atom. The largest absolute Gasteiger partial charge is 0.387 e. The van der Waals surface area contributed by atoms with Gasteiger partial charge in [-0.3, -0.25) is 4.79 Å². The van der Waals surface area contributed by atoms with Crippen LogP contribution in [0.25, 0.3) is 0 Å². The van der Waals surface area contributed by atoms with Crippen molar-refractivity contribution in [2.75, 3.05) is 26.8 Å². The molecule has 4 nitrogen and oxygen atoms in total. The number of nitrogens with zero attached hydrogens (tertiary/aromatic N) is 1. The maximum atomic E-state index is 13.0. The van der Waals surface area contributed by atoms with Crippen LogP contribution in [0.4, 0.5) is 8.78 Å². The lowest BCUT2D eigenvalue weighted by molar-refractivity contribution is -0.134. The molecule has 1 amide bonds. The van der Waals surface area contributed by atoms with Gasteiger partial charge in [-0.05, 0) is 0 Å². The molecule has 0 bridgehead atoms. The normalized spacial score (nSPS) is 26.5. The van der Waals surface area contributed by atoms with E-state index in [2.05, 4.69) is 4.74 Å². The van der Waals surface area contributed by atoms with Crippen LogP contribution in [0, 0.1) is 0 Å². The number of halogens is 2. The molecular formula is C7H11F2NO3. The van der Waals surface area contributed by atoms with Crippen molar-refractivity contribution < 1.29 is 23.4 Å². The molecule has 1 rings (SSSR count). The fourth-order valence-corrected chi connectivity index (χ4v) is 1.29. The first-order valence-electron chi connectivity index (χ1n) is 3.80. The van der Waals surface area contributed by atoms with Gasteiger partial charge >= 0.3 is 0 Å². The number of amides is 1. The Hall–Kier alpha value is -0.750. The maximum Gasteiger partial charge on any atom is 0.292 e. The maximum absolute atomic E-state index is 13.0. The summed E-state index contributed by atoms with van der Waals surface area (Å²) in [7, 11) is 1.17. The van der Waals surface area contributed by atoms with Crippen molar-refractivity contribution in [1.82, 2.24) is 4.90 Å². The molecule has 6 heteroatoms. The van der Waals surface area contributed by atoms with Gasteiger partial charge in [0.15, 0.2) is 0 Å². The number of alkyl halides is 2. The lowest BCUT2D eigenvalue weighted by Gasteiger charge is -2.14. The molecule has 0 aromatic heterocycles. The van der Waals surface area contributed by atoms with E-state index >= 15 is 0 Å². The van der Waals surface area contributed by atoms with Crippen molar-refractivity contribution in [3.63, 3.8) is 0 Å². The number of hydrogen-bond donors (Lipinski definition) is 1. The van der Waals surface area contributed by atoms with Gasteiger partial charge in [-0.15, -0.1) is 0 Å². The van der Waals surface area contributed by atoms with Gasteiger partial charge in [0.05, 0.1) is 13.1 Å². The second kappa shape index (κ2) is 3.55. The van der Waals surface area contributed by atoms with E-state index in [1.165, 1.54) is 7.11 Å². The van der Waals surface area contributed by atoms with E-state index in [0.29, 0.717) is 0 Å². The predicted molar refractivity (Wildman–Crippen MR) is 39.4 cm³/mol. The van der Waals surface area contributed by atoms with Crippen molar-refractivity contribution in [1.29, 1.82) is 0 Å². The van der Waals surface area contributed by atoms with Crippen LogP contribution in [-0.4, -0.2) is 54.7 Å². The summed E-state index contributed by atoms with van der Waals surface area (Å²) in [5.74, 6) is -3.71. The summed E-state index contributed by atoms with van der Waals surface area (Å²) < 4.78 is 30.4. The summed E-state index contributed by atoms with van der Waals surface area (Å²) in [6, 6.07) is 0. The van der Waals surface area contributed by atoms with Crippen LogP contribution in [0.1, 0.15) is 0 Å². The summed E-state index contributed by atoms with van der Waals surface area (Å²) in [5, 5.41) is 8.45. The molecule has 0 radical (unpaired) electrons. The SMILES string of the molecule is COC1CN(C(=O)CO)CC1(F)F. The first kappa shape index (κ1) is 10.3. The minimum absolute atomic E-state index is 0.164. The molecule has 1 aliphatic heterocycles. The second-order valence-electron chi connectivity index (χ2n) is 2.92. The lowest BCUT2D eigenvalue weighted by atomic mass is 10.2. The van der Waals surface area contributed by atoms with Crippen LogP contribution in [0.2, 0.25) is 0 Å². The number of carbonyl (C=O) groups excluding carboxylic acids is 1. The number of likely N-dealkylation sites (tertiary alicyclic amines) is 1. The third-order valence-electron chi connectivity index (χ3n) is 2.03. The molecule has 0 aromatic rings. The minimum atomic E-state index is -3.01. The van der Waals surface area contributed by atoms with Crippen molar-refractivity contribution in [2.45, 2.75) is 12.0 Å². The quantitative estimate of drug-likeness (QED) is 0.644. The van der Waals surface area contributed by atoms with Crippen LogP contribution >= 0.6 is 0 Å². The monoisotopic (exact) mass is 195 g/mol. The Labute approximate surface area is 74.1 Å².